The monoisotopic (exact) mass is 398 g/mol. The number of benzene rings is 2. The summed E-state index contributed by atoms with van der Waals surface area (Å²) in [6.45, 7) is 3.02. The quantitative estimate of drug-likeness (QED) is 0.596. The molecule has 28 heavy (non-hydrogen) atoms. The molecule has 0 aliphatic carbocycles. The van der Waals surface area contributed by atoms with E-state index in [0.29, 0.717) is 19.5 Å². The highest BCUT2D eigenvalue weighted by Crippen LogP contribution is 2.15. The Bertz CT molecular complexity index is 817. The second-order valence-corrected chi connectivity index (χ2v) is 7.56. The van der Waals surface area contributed by atoms with Crippen LogP contribution in [0.15, 0.2) is 53.5 Å². The predicted octanol–water partition coefficient (Wildman–Crippen LogP) is 3.67. The van der Waals surface area contributed by atoms with Crippen LogP contribution >= 0.6 is 11.6 Å². The highest BCUT2D eigenvalue weighted by Gasteiger charge is 2.19. The molecule has 1 aliphatic rings. The van der Waals surface area contributed by atoms with Gasteiger partial charge in [0.2, 0.25) is 5.91 Å². The van der Waals surface area contributed by atoms with Crippen LogP contribution in [0.3, 0.4) is 0 Å². The predicted molar refractivity (Wildman–Crippen MR) is 114 cm³/mol. The summed E-state index contributed by atoms with van der Waals surface area (Å²) in [7, 11) is 3.80. The normalized spacial score (nSPS) is 14.5. The summed E-state index contributed by atoms with van der Waals surface area (Å²) in [5, 5.41) is 4.14. The molecule has 0 bridgehead atoms. The summed E-state index contributed by atoms with van der Waals surface area (Å²) in [5.41, 5.74) is 3.52. The van der Waals surface area contributed by atoms with Gasteiger partial charge in [-0.25, -0.2) is 0 Å². The maximum atomic E-state index is 11.8. The molecule has 1 N–H and O–H groups in total. The van der Waals surface area contributed by atoms with Crippen LogP contribution < -0.4 is 5.32 Å². The van der Waals surface area contributed by atoms with E-state index in [1.807, 2.05) is 36.2 Å². The SMILES string of the molecule is CN=C(NCc1ccc(CN2CCCC2=O)cc1)N(C)Cc1ccc(Cl)cc1. The number of nitrogens with one attached hydrogen (secondary N) is 1. The van der Waals surface area contributed by atoms with E-state index in [9.17, 15) is 4.79 Å². The Kier molecular flexibility index (Phi) is 6.93. The van der Waals surface area contributed by atoms with Crippen LogP contribution in [0.5, 0.6) is 0 Å². The average Bonchev–Trinajstić information content (AvgIpc) is 3.10. The number of aliphatic imine (C=N–C) groups is 1. The zero-order chi connectivity index (χ0) is 19.9. The van der Waals surface area contributed by atoms with Gasteiger partial charge in [-0.3, -0.25) is 9.79 Å². The standard InChI is InChI=1S/C22H27ClN4O/c1-24-22(26(2)15-18-9-11-20(23)12-10-18)25-14-17-5-7-19(8-6-17)16-27-13-3-4-21(27)28/h5-12H,3-4,13-16H2,1-2H3,(H,24,25). The summed E-state index contributed by atoms with van der Waals surface area (Å²) in [6, 6.07) is 16.3. The largest absolute Gasteiger partial charge is 0.352 e. The van der Waals surface area contributed by atoms with E-state index >= 15 is 0 Å². The number of likely N-dealkylation sites (tertiary alicyclic amines) is 1. The number of rotatable bonds is 6. The van der Waals surface area contributed by atoms with Gasteiger partial charge in [0.05, 0.1) is 0 Å². The Hall–Kier alpha value is -2.53. The van der Waals surface area contributed by atoms with Crippen LogP contribution in [0.2, 0.25) is 5.02 Å². The first-order valence-corrected chi connectivity index (χ1v) is 9.95. The van der Waals surface area contributed by atoms with Crippen molar-refractivity contribution in [3.05, 3.63) is 70.2 Å². The number of guanidine groups is 1. The van der Waals surface area contributed by atoms with Gasteiger partial charge in [-0.15, -0.1) is 0 Å². The minimum Gasteiger partial charge on any atom is -0.352 e. The van der Waals surface area contributed by atoms with Crippen molar-refractivity contribution in [1.82, 2.24) is 15.1 Å². The van der Waals surface area contributed by atoms with Crippen LogP contribution in [0.1, 0.15) is 29.5 Å². The number of halogens is 1. The Morgan fingerprint density at radius 2 is 1.75 bits per heavy atom. The van der Waals surface area contributed by atoms with Gasteiger partial charge in [0.25, 0.3) is 0 Å². The van der Waals surface area contributed by atoms with E-state index < -0.39 is 0 Å². The molecule has 0 unspecified atom stereocenters. The number of hydrogen-bond acceptors (Lipinski definition) is 2. The van der Waals surface area contributed by atoms with Crippen molar-refractivity contribution in [2.45, 2.75) is 32.5 Å². The number of carbonyl (C=O) groups is 1. The molecule has 2 aromatic carbocycles. The van der Waals surface area contributed by atoms with Crippen LogP contribution in [0.25, 0.3) is 0 Å². The molecule has 6 heteroatoms. The zero-order valence-corrected chi connectivity index (χ0v) is 17.2. The van der Waals surface area contributed by atoms with Crippen LogP contribution in [-0.4, -0.2) is 42.3 Å². The molecule has 148 valence electrons. The van der Waals surface area contributed by atoms with Gasteiger partial charge in [0.15, 0.2) is 5.96 Å². The van der Waals surface area contributed by atoms with Gasteiger partial charge >= 0.3 is 0 Å². The molecule has 1 heterocycles. The van der Waals surface area contributed by atoms with Crippen molar-refractivity contribution in [2.24, 2.45) is 4.99 Å². The fourth-order valence-electron chi connectivity index (χ4n) is 3.36. The first-order valence-electron chi connectivity index (χ1n) is 9.57. The fraction of sp³-hybridized carbons (Fsp3) is 0.364. The van der Waals surface area contributed by atoms with Gasteiger partial charge in [0.1, 0.15) is 0 Å². The highest BCUT2D eigenvalue weighted by molar-refractivity contribution is 6.30. The van der Waals surface area contributed by atoms with Crippen molar-refractivity contribution < 1.29 is 4.79 Å². The average molecular weight is 399 g/mol. The third-order valence-corrected chi connectivity index (χ3v) is 5.18. The summed E-state index contributed by atoms with van der Waals surface area (Å²) < 4.78 is 0. The van der Waals surface area contributed by atoms with Gasteiger partial charge in [0, 0.05) is 51.7 Å². The minimum atomic E-state index is 0.262. The van der Waals surface area contributed by atoms with E-state index in [1.165, 1.54) is 16.7 Å². The van der Waals surface area contributed by atoms with Crippen molar-refractivity contribution in [1.29, 1.82) is 0 Å². The van der Waals surface area contributed by atoms with Gasteiger partial charge in [-0.2, -0.15) is 0 Å². The Balaban J connectivity index is 1.51. The molecule has 1 amide bonds. The second kappa shape index (κ2) is 9.60. The third-order valence-electron chi connectivity index (χ3n) is 4.92. The fourth-order valence-corrected chi connectivity index (χ4v) is 3.48. The number of nitrogens with zero attached hydrogens (tertiary/aromatic N) is 3. The number of amides is 1. The molecule has 5 nitrogen and oxygen atoms in total. The third kappa shape index (κ3) is 5.49. The lowest BCUT2D eigenvalue weighted by molar-refractivity contribution is -0.128. The molecular weight excluding hydrogens is 372 g/mol. The van der Waals surface area contributed by atoms with Crippen LogP contribution in [-0.2, 0) is 24.4 Å². The molecule has 0 spiro atoms. The summed E-state index contributed by atoms with van der Waals surface area (Å²) in [5.74, 6) is 1.10. The minimum absolute atomic E-state index is 0.262. The lowest BCUT2D eigenvalue weighted by atomic mass is 10.1. The van der Waals surface area contributed by atoms with E-state index in [1.54, 1.807) is 7.05 Å². The molecule has 2 aromatic rings. The smallest absolute Gasteiger partial charge is 0.222 e. The van der Waals surface area contributed by atoms with Crippen molar-refractivity contribution in [2.75, 3.05) is 20.6 Å². The summed E-state index contributed by atoms with van der Waals surface area (Å²) in [6.07, 6.45) is 1.66. The second-order valence-electron chi connectivity index (χ2n) is 7.12. The molecule has 0 atom stereocenters. The lowest BCUT2D eigenvalue weighted by Crippen LogP contribution is -2.38. The van der Waals surface area contributed by atoms with Crippen molar-refractivity contribution >= 4 is 23.5 Å². The van der Waals surface area contributed by atoms with Gasteiger partial charge in [-0.1, -0.05) is 48.0 Å². The molecule has 0 radical (unpaired) electrons. The maximum absolute atomic E-state index is 11.8. The van der Waals surface area contributed by atoms with E-state index in [2.05, 4.69) is 39.5 Å². The molecule has 3 rings (SSSR count). The first-order chi connectivity index (χ1) is 13.5. The van der Waals surface area contributed by atoms with Crippen molar-refractivity contribution in [3.63, 3.8) is 0 Å². The Morgan fingerprint density at radius 3 is 2.36 bits per heavy atom. The summed E-state index contributed by atoms with van der Waals surface area (Å²) in [4.78, 5) is 20.1. The van der Waals surface area contributed by atoms with Crippen LogP contribution in [0, 0.1) is 0 Å². The van der Waals surface area contributed by atoms with E-state index in [4.69, 9.17) is 11.6 Å². The molecule has 0 aromatic heterocycles. The zero-order valence-electron chi connectivity index (χ0n) is 16.5. The molecular formula is C22H27ClN4O. The molecule has 1 saturated heterocycles. The Labute approximate surface area is 172 Å². The highest BCUT2D eigenvalue weighted by atomic mass is 35.5. The number of hydrogen-bond donors (Lipinski definition) is 1. The maximum Gasteiger partial charge on any atom is 0.222 e. The van der Waals surface area contributed by atoms with Gasteiger partial charge in [-0.05, 0) is 35.2 Å². The Morgan fingerprint density at radius 1 is 1.11 bits per heavy atom. The number of carbonyl (C=O) groups excluding carboxylic acids is 1. The molecule has 1 aliphatic heterocycles. The van der Waals surface area contributed by atoms with E-state index in [-0.39, 0.29) is 5.91 Å². The first kappa shape index (κ1) is 20.2. The molecule has 0 saturated carbocycles. The molecule has 1 fully saturated rings. The van der Waals surface area contributed by atoms with Crippen molar-refractivity contribution in [3.8, 4) is 0 Å². The topological polar surface area (TPSA) is 47.9 Å². The lowest BCUT2D eigenvalue weighted by Gasteiger charge is -2.22. The van der Waals surface area contributed by atoms with Crippen LogP contribution in [0.4, 0.5) is 0 Å². The van der Waals surface area contributed by atoms with Gasteiger partial charge < -0.3 is 15.1 Å². The van der Waals surface area contributed by atoms with E-state index in [0.717, 1.165) is 30.5 Å². The summed E-state index contributed by atoms with van der Waals surface area (Å²) >= 11 is 5.95.